The maximum Gasteiger partial charge on any atom is 0.472 e. The lowest BCUT2D eigenvalue weighted by atomic mass is 10.0. The summed E-state index contributed by atoms with van der Waals surface area (Å²) in [6, 6.07) is -1.53. The first-order valence-electron chi connectivity index (χ1n) is 15.1. The third-order valence-corrected chi connectivity index (χ3v) is 7.32. The molecule has 0 saturated heterocycles. The van der Waals surface area contributed by atoms with Crippen molar-refractivity contribution in [1.29, 1.82) is 0 Å². The molecule has 236 valence electrons. The molecule has 1 amide bonds. The van der Waals surface area contributed by atoms with E-state index in [4.69, 9.17) is 4.74 Å². The molecule has 0 aromatic rings. The number of nitrogens with one attached hydrogen (secondary N) is 1. The van der Waals surface area contributed by atoms with Crippen LogP contribution >= 0.6 is 7.82 Å². The van der Waals surface area contributed by atoms with Gasteiger partial charge in [0.15, 0.2) is 6.04 Å². The average molecular weight is 596 g/mol. The standard InChI is InChI=1S/C28H54NO10P/c1-3-5-6-7-8-9-10-11-12-13-14-15-16-17-18-20-26(31)29-25(28(33)34)23-39-40(35,36)38-22-24(30)21-37-27(32)19-4-2/h24-25,30H,3-23H2,1-2H3,(H,29,31)(H,33,34)(H,35,36). The van der Waals surface area contributed by atoms with E-state index in [9.17, 15) is 34.1 Å². The highest BCUT2D eigenvalue weighted by molar-refractivity contribution is 7.47. The molecule has 12 heteroatoms. The largest absolute Gasteiger partial charge is 0.480 e. The van der Waals surface area contributed by atoms with Crippen molar-refractivity contribution in [1.82, 2.24) is 5.32 Å². The summed E-state index contributed by atoms with van der Waals surface area (Å²) in [4.78, 5) is 44.6. The number of rotatable bonds is 28. The van der Waals surface area contributed by atoms with Crippen LogP contribution in [0.25, 0.3) is 0 Å². The highest BCUT2D eigenvalue weighted by atomic mass is 31.2. The molecule has 0 heterocycles. The van der Waals surface area contributed by atoms with Crippen LogP contribution in [-0.4, -0.2) is 64.9 Å². The lowest BCUT2D eigenvalue weighted by Gasteiger charge is -2.18. The summed E-state index contributed by atoms with van der Waals surface area (Å²) in [5.41, 5.74) is 0. The fourth-order valence-electron chi connectivity index (χ4n) is 4.00. The van der Waals surface area contributed by atoms with Gasteiger partial charge in [-0.25, -0.2) is 9.36 Å². The Kier molecular flexibility index (Phi) is 24.3. The molecule has 3 atom stereocenters. The Morgan fingerprint density at radius 2 is 1.18 bits per heavy atom. The van der Waals surface area contributed by atoms with E-state index in [0.717, 1.165) is 19.3 Å². The maximum atomic E-state index is 12.1. The molecule has 0 aliphatic heterocycles. The number of amides is 1. The van der Waals surface area contributed by atoms with Crippen molar-refractivity contribution in [2.24, 2.45) is 0 Å². The van der Waals surface area contributed by atoms with E-state index in [0.29, 0.717) is 12.8 Å². The van der Waals surface area contributed by atoms with Gasteiger partial charge in [0.2, 0.25) is 5.91 Å². The number of carboxylic acid groups (broad SMARTS) is 1. The van der Waals surface area contributed by atoms with Crippen LogP contribution in [-0.2, 0) is 32.7 Å². The van der Waals surface area contributed by atoms with Crippen LogP contribution < -0.4 is 5.32 Å². The average Bonchev–Trinajstić information content (AvgIpc) is 2.91. The fraction of sp³-hybridized carbons (Fsp3) is 0.893. The number of aliphatic hydroxyl groups is 1. The van der Waals surface area contributed by atoms with E-state index in [1.807, 2.05) is 0 Å². The number of phosphoric acid groups is 1. The topological polar surface area (TPSA) is 169 Å². The summed E-state index contributed by atoms with van der Waals surface area (Å²) in [5.74, 6) is -2.43. The molecule has 0 bridgehead atoms. The first-order valence-corrected chi connectivity index (χ1v) is 16.6. The Morgan fingerprint density at radius 3 is 1.65 bits per heavy atom. The summed E-state index contributed by atoms with van der Waals surface area (Å²) >= 11 is 0. The van der Waals surface area contributed by atoms with E-state index in [-0.39, 0.29) is 12.8 Å². The molecule has 11 nitrogen and oxygen atoms in total. The minimum Gasteiger partial charge on any atom is -0.480 e. The molecule has 0 aromatic carbocycles. The molecular weight excluding hydrogens is 541 g/mol. The highest BCUT2D eigenvalue weighted by Crippen LogP contribution is 2.43. The normalized spacial score (nSPS) is 14.3. The van der Waals surface area contributed by atoms with Crippen LogP contribution in [0.5, 0.6) is 0 Å². The van der Waals surface area contributed by atoms with Gasteiger partial charge in [-0.15, -0.1) is 0 Å². The number of carbonyl (C=O) groups excluding carboxylic acids is 2. The molecule has 0 rings (SSSR count). The predicted molar refractivity (Wildman–Crippen MR) is 153 cm³/mol. The number of esters is 1. The van der Waals surface area contributed by atoms with Crippen molar-refractivity contribution in [3.63, 3.8) is 0 Å². The molecule has 40 heavy (non-hydrogen) atoms. The van der Waals surface area contributed by atoms with Crippen LogP contribution in [0.4, 0.5) is 0 Å². The third kappa shape index (κ3) is 24.3. The number of carboxylic acids is 1. The van der Waals surface area contributed by atoms with Crippen molar-refractivity contribution in [2.75, 3.05) is 19.8 Å². The second-order valence-corrected chi connectivity index (χ2v) is 11.8. The van der Waals surface area contributed by atoms with E-state index in [1.165, 1.54) is 70.6 Å². The zero-order chi connectivity index (χ0) is 30.1. The first-order chi connectivity index (χ1) is 19.1. The summed E-state index contributed by atoms with van der Waals surface area (Å²) < 4.78 is 26.1. The van der Waals surface area contributed by atoms with Gasteiger partial charge < -0.3 is 25.2 Å². The van der Waals surface area contributed by atoms with Gasteiger partial charge in [-0.05, 0) is 12.8 Å². The van der Waals surface area contributed by atoms with Crippen LogP contribution in [0.15, 0.2) is 0 Å². The van der Waals surface area contributed by atoms with Gasteiger partial charge in [0.05, 0.1) is 13.2 Å². The predicted octanol–water partition coefficient (Wildman–Crippen LogP) is 5.66. The lowest BCUT2D eigenvalue weighted by molar-refractivity contribution is -0.147. The lowest BCUT2D eigenvalue weighted by Crippen LogP contribution is -2.43. The van der Waals surface area contributed by atoms with Crippen LogP contribution in [0.1, 0.15) is 129 Å². The van der Waals surface area contributed by atoms with Crippen molar-refractivity contribution >= 4 is 25.7 Å². The third-order valence-electron chi connectivity index (χ3n) is 6.37. The van der Waals surface area contributed by atoms with Crippen molar-refractivity contribution in [3.8, 4) is 0 Å². The van der Waals surface area contributed by atoms with Gasteiger partial charge in [-0.2, -0.15) is 0 Å². The molecule has 0 aliphatic rings. The number of hydrogen-bond donors (Lipinski definition) is 4. The number of aliphatic hydroxyl groups excluding tert-OH is 1. The zero-order valence-electron chi connectivity index (χ0n) is 24.7. The molecule has 0 aliphatic carbocycles. The summed E-state index contributed by atoms with van der Waals surface area (Å²) in [6.07, 6.45) is 17.6. The minimum atomic E-state index is -4.71. The summed E-state index contributed by atoms with van der Waals surface area (Å²) in [5, 5.41) is 21.3. The number of ether oxygens (including phenoxy) is 1. The fourth-order valence-corrected chi connectivity index (χ4v) is 4.77. The molecule has 4 N–H and O–H groups in total. The molecule has 0 fully saturated rings. The smallest absolute Gasteiger partial charge is 0.472 e. The molecule has 0 spiro atoms. The second kappa shape index (κ2) is 25.2. The van der Waals surface area contributed by atoms with Gasteiger partial charge in [-0.3, -0.25) is 18.6 Å². The van der Waals surface area contributed by atoms with Gasteiger partial charge in [0.25, 0.3) is 0 Å². The van der Waals surface area contributed by atoms with Crippen LogP contribution in [0.2, 0.25) is 0 Å². The molecule has 0 saturated carbocycles. The van der Waals surface area contributed by atoms with Crippen molar-refractivity contribution in [2.45, 2.75) is 142 Å². The number of unbranched alkanes of at least 4 members (excludes halogenated alkanes) is 14. The molecule has 0 radical (unpaired) electrons. The van der Waals surface area contributed by atoms with Crippen molar-refractivity contribution < 1.29 is 47.8 Å². The zero-order valence-corrected chi connectivity index (χ0v) is 25.5. The van der Waals surface area contributed by atoms with Gasteiger partial charge >= 0.3 is 19.8 Å². The monoisotopic (exact) mass is 595 g/mol. The Labute approximate surface area is 240 Å². The van der Waals surface area contributed by atoms with Crippen molar-refractivity contribution in [3.05, 3.63) is 0 Å². The minimum absolute atomic E-state index is 0.151. The Hall–Kier alpha value is -1.52. The summed E-state index contributed by atoms with van der Waals surface area (Å²) in [7, 11) is -4.71. The maximum absolute atomic E-state index is 12.1. The number of hydrogen-bond acceptors (Lipinski definition) is 8. The van der Waals surface area contributed by atoms with Crippen LogP contribution in [0, 0.1) is 0 Å². The van der Waals surface area contributed by atoms with Gasteiger partial charge in [0.1, 0.15) is 12.7 Å². The Balaban J connectivity index is 3.94. The Bertz CT molecular complexity index is 721. The van der Waals surface area contributed by atoms with E-state index >= 15 is 0 Å². The quantitative estimate of drug-likeness (QED) is 0.0503. The molecule has 0 aromatic heterocycles. The van der Waals surface area contributed by atoms with Crippen LogP contribution in [0.3, 0.4) is 0 Å². The van der Waals surface area contributed by atoms with Gasteiger partial charge in [-0.1, -0.05) is 104 Å². The molecular formula is C28H54NO10P. The van der Waals surface area contributed by atoms with E-state index in [2.05, 4.69) is 21.3 Å². The SMILES string of the molecule is CCCCCCCCCCCCCCCCCC(=O)NC(COP(=O)(O)OCC(O)COC(=O)CCC)C(=O)O. The highest BCUT2D eigenvalue weighted by Gasteiger charge is 2.28. The second-order valence-electron chi connectivity index (χ2n) is 10.3. The molecule has 3 unspecified atom stereocenters. The van der Waals surface area contributed by atoms with E-state index < -0.39 is 57.6 Å². The van der Waals surface area contributed by atoms with E-state index in [1.54, 1.807) is 6.92 Å². The number of phosphoric ester groups is 1. The number of carbonyl (C=O) groups is 3. The van der Waals surface area contributed by atoms with Gasteiger partial charge in [0, 0.05) is 12.8 Å². The first kappa shape index (κ1) is 38.5. The summed E-state index contributed by atoms with van der Waals surface area (Å²) in [6.45, 7) is 2.13. The Morgan fingerprint density at radius 1 is 0.700 bits per heavy atom. The number of aliphatic carboxylic acids is 1.